The predicted octanol–water partition coefficient (Wildman–Crippen LogP) is 1.55. The summed E-state index contributed by atoms with van der Waals surface area (Å²) in [5.74, 6) is 0. The summed E-state index contributed by atoms with van der Waals surface area (Å²) in [5.41, 5.74) is 1.62. The van der Waals surface area contributed by atoms with Crippen molar-refractivity contribution in [2.24, 2.45) is 5.41 Å². The summed E-state index contributed by atoms with van der Waals surface area (Å²) in [6.07, 6.45) is 3.29. The molecule has 19 heavy (non-hydrogen) atoms. The van der Waals surface area contributed by atoms with Crippen molar-refractivity contribution in [1.82, 2.24) is 4.31 Å². The van der Waals surface area contributed by atoms with Gasteiger partial charge in [-0.1, -0.05) is 18.2 Å². The van der Waals surface area contributed by atoms with Crippen molar-refractivity contribution in [3.05, 3.63) is 30.3 Å². The molecule has 0 bridgehead atoms. The van der Waals surface area contributed by atoms with E-state index in [1.54, 1.807) is 4.31 Å². The fourth-order valence-electron chi connectivity index (χ4n) is 3.19. The molecule has 1 aromatic carbocycles. The molecular weight excluding hydrogens is 260 g/mol. The van der Waals surface area contributed by atoms with Gasteiger partial charge in [-0.15, -0.1) is 0 Å². The Morgan fingerprint density at radius 2 is 1.63 bits per heavy atom. The molecule has 104 valence electrons. The highest BCUT2D eigenvalue weighted by molar-refractivity contribution is 7.88. The molecule has 0 aliphatic carbocycles. The van der Waals surface area contributed by atoms with Gasteiger partial charge in [0.25, 0.3) is 0 Å². The minimum absolute atomic E-state index is 0.344. The summed E-state index contributed by atoms with van der Waals surface area (Å²) >= 11 is 0. The molecule has 2 saturated heterocycles. The number of hydrogen-bond acceptors (Lipinski definition) is 3. The fraction of sp³-hybridized carbons (Fsp3) is 0.571. The SMILES string of the molecule is CS(=O)(=O)N1CCC2(CC1)CN(c1ccccc1)C2. The van der Waals surface area contributed by atoms with Crippen LogP contribution in [-0.4, -0.2) is 45.2 Å². The number of piperidine rings is 1. The quantitative estimate of drug-likeness (QED) is 0.825. The zero-order valence-corrected chi connectivity index (χ0v) is 12.1. The Labute approximate surface area is 115 Å². The zero-order valence-electron chi connectivity index (χ0n) is 11.2. The lowest BCUT2D eigenvalue weighted by Gasteiger charge is -2.54. The molecule has 0 aromatic heterocycles. The first-order valence-corrected chi connectivity index (χ1v) is 8.59. The lowest BCUT2D eigenvalue weighted by Crippen LogP contribution is -2.60. The van der Waals surface area contributed by atoms with Crippen LogP contribution < -0.4 is 4.90 Å². The second kappa shape index (κ2) is 4.49. The molecule has 0 atom stereocenters. The van der Waals surface area contributed by atoms with E-state index in [9.17, 15) is 8.42 Å². The Kier molecular flexibility index (Phi) is 3.06. The molecule has 1 aromatic rings. The maximum Gasteiger partial charge on any atom is 0.211 e. The topological polar surface area (TPSA) is 40.6 Å². The lowest BCUT2D eigenvalue weighted by atomic mass is 9.72. The number of nitrogens with zero attached hydrogens (tertiary/aromatic N) is 2. The minimum atomic E-state index is -3.01. The van der Waals surface area contributed by atoms with Crippen molar-refractivity contribution in [3.63, 3.8) is 0 Å². The summed E-state index contributed by atoms with van der Waals surface area (Å²) < 4.78 is 24.6. The van der Waals surface area contributed by atoms with Crippen LogP contribution in [0.2, 0.25) is 0 Å². The Morgan fingerprint density at radius 3 is 2.16 bits per heavy atom. The van der Waals surface area contributed by atoms with E-state index >= 15 is 0 Å². The number of sulfonamides is 1. The van der Waals surface area contributed by atoms with Gasteiger partial charge in [-0.25, -0.2) is 12.7 Å². The van der Waals surface area contributed by atoms with Gasteiger partial charge in [-0.2, -0.15) is 0 Å². The second-order valence-electron chi connectivity index (χ2n) is 5.85. The number of anilines is 1. The Bertz CT molecular complexity index is 540. The molecule has 2 aliphatic heterocycles. The van der Waals surface area contributed by atoms with Crippen LogP contribution >= 0.6 is 0 Å². The van der Waals surface area contributed by atoms with Crippen LogP contribution in [0.5, 0.6) is 0 Å². The van der Waals surface area contributed by atoms with E-state index in [0.717, 1.165) is 25.9 Å². The summed E-state index contributed by atoms with van der Waals surface area (Å²) in [6.45, 7) is 3.49. The summed E-state index contributed by atoms with van der Waals surface area (Å²) in [5, 5.41) is 0. The van der Waals surface area contributed by atoms with Gasteiger partial charge in [0.05, 0.1) is 6.26 Å². The van der Waals surface area contributed by atoms with Crippen LogP contribution in [0.1, 0.15) is 12.8 Å². The van der Waals surface area contributed by atoms with Crippen LogP contribution in [0.3, 0.4) is 0 Å². The van der Waals surface area contributed by atoms with Crippen LogP contribution in [0.15, 0.2) is 30.3 Å². The molecule has 0 N–H and O–H groups in total. The van der Waals surface area contributed by atoms with Crippen molar-refractivity contribution in [3.8, 4) is 0 Å². The normalized spacial score (nSPS) is 23.3. The number of para-hydroxylation sites is 1. The Hall–Kier alpha value is -1.07. The smallest absolute Gasteiger partial charge is 0.211 e. The molecule has 0 amide bonds. The monoisotopic (exact) mass is 280 g/mol. The van der Waals surface area contributed by atoms with Crippen LogP contribution in [-0.2, 0) is 10.0 Å². The van der Waals surface area contributed by atoms with Crippen molar-refractivity contribution >= 4 is 15.7 Å². The molecule has 2 fully saturated rings. The summed E-state index contributed by atoms with van der Waals surface area (Å²) in [4.78, 5) is 2.39. The van der Waals surface area contributed by atoms with Gasteiger partial charge in [-0.05, 0) is 25.0 Å². The molecule has 2 heterocycles. The Balaban J connectivity index is 1.59. The first-order chi connectivity index (χ1) is 8.99. The molecular formula is C14H20N2O2S. The van der Waals surface area contributed by atoms with Gasteiger partial charge >= 0.3 is 0 Å². The van der Waals surface area contributed by atoms with E-state index in [1.165, 1.54) is 11.9 Å². The van der Waals surface area contributed by atoms with E-state index in [0.29, 0.717) is 18.5 Å². The molecule has 1 spiro atoms. The molecule has 0 saturated carbocycles. The fourth-order valence-corrected chi connectivity index (χ4v) is 4.04. The second-order valence-corrected chi connectivity index (χ2v) is 7.84. The van der Waals surface area contributed by atoms with Gasteiger partial charge < -0.3 is 4.90 Å². The van der Waals surface area contributed by atoms with E-state index in [1.807, 2.05) is 6.07 Å². The molecule has 2 aliphatic rings. The van der Waals surface area contributed by atoms with E-state index in [-0.39, 0.29) is 0 Å². The highest BCUT2D eigenvalue weighted by Crippen LogP contribution is 2.42. The third-order valence-corrected chi connectivity index (χ3v) is 5.73. The number of benzene rings is 1. The van der Waals surface area contributed by atoms with Gasteiger partial charge in [0, 0.05) is 37.3 Å². The molecule has 5 heteroatoms. The largest absolute Gasteiger partial charge is 0.370 e. The molecule has 4 nitrogen and oxygen atoms in total. The van der Waals surface area contributed by atoms with Crippen molar-refractivity contribution in [2.45, 2.75) is 12.8 Å². The molecule has 0 radical (unpaired) electrons. The van der Waals surface area contributed by atoms with E-state index in [4.69, 9.17) is 0 Å². The zero-order chi connectivity index (χ0) is 13.5. The van der Waals surface area contributed by atoms with E-state index in [2.05, 4.69) is 29.2 Å². The van der Waals surface area contributed by atoms with Gasteiger partial charge in [-0.3, -0.25) is 0 Å². The van der Waals surface area contributed by atoms with Gasteiger partial charge in [0.1, 0.15) is 0 Å². The van der Waals surface area contributed by atoms with Crippen molar-refractivity contribution in [1.29, 1.82) is 0 Å². The predicted molar refractivity (Wildman–Crippen MR) is 76.7 cm³/mol. The maximum atomic E-state index is 11.5. The highest BCUT2D eigenvalue weighted by Gasteiger charge is 2.45. The summed E-state index contributed by atoms with van der Waals surface area (Å²) in [6, 6.07) is 10.4. The van der Waals surface area contributed by atoms with Crippen LogP contribution in [0.25, 0.3) is 0 Å². The standard InChI is InChI=1S/C14H20N2O2S/c1-19(17,18)16-9-7-14(8-10-16)11-15(12-14)13-5-3-2-4-6-13/h2-6H,7-12H2,1H3. The van der Waals surface area contributed by atoms with Crippen LogP contribution in [0, 0.1) is 5.41 Å². The number of rotatable bonds is 2. The van der Waals surface area contributed by atoms with E-state index < -0.39 is 10.0 Å². The number of hydrogen-bond donors (Lipinski definition) is 0. The average molecular weight is 280 g/mol. The Morgan fingerprint density at radius 1 is 1.05 bits per heavy atom. The maximum absolute atomic E-state index is 11.5. The average Bonchev–Trinajstić information content (AvgIpc) is 2.36. The summed E-state index contributed by atoms with van der Waals surface area (Å²) in [7, 11) is -3.01. The van der Waals surface area contributed by atoms with Gasteiger partial charge in [0.15, 0.2) is 0 Å². The van der Waals surface area contributed by atoms with Crippen molar-refractivity contribution in [2.75, 3.05) is 37.3 Å². The molecule has 0 unspecified atom stereocenters. The lowest BCUT2D eigenvalue weighted by molar-refractivity contribution is 0.115. The van der Waals surface area contributed by atoms with Gasteiger partial charge in [0.2, 0.25) is 10.0 Å². The highest BCUT2D eigenvalue weighted by atomic mass is 32.2. The third kappa shape index (κ3) is 2.49. The molecule has 3 rings (SSSR count). The van der Waals surface area contributed by atoms with Crippen molar-refractivity contribution < 1.29 is 8.42 Å². The van der Waals surface area contributed by atoms with Crippen LogP contribution in [0.4, 0.5) is 5.69 Å². The first kappa shape index (κ1) is 12.9. The third-order valence-electron chi connectivity index (χ3n) is 4.43. The first-order valence-electron chi connectivity index (χ1n) is 6.74. The minimum Gasteiger partial charge on any atom is -0.370 e.